The predicted molar refractivity (Wildman–Crippen MR) is 107 cm³/mol. The maximum absolute atomic E-state index is 12.2. The van der Waals surface area contributed by atoms with Gasteiger partial charge in [0.1, 0.15) is 12.4 Å². The molecule has 6 nitrogen and oxygen atoms in total. The van der Waals surface area contributed by atoms with E-state index in [9.17, 15) is 9.90 Å². The van der Waals surface area contributed by atoms with Crippen LogP contribution in [0, 0.1) is 11.8 Å². The molecule has 0 radical (unpaired) electrons. The number of hydrogen-bond donors (Lipinski definition) is 3. The minimum Gasteiger partial charge on any atom is -0.487 e. The molecule has 2 aliphatic carbocycles. The van der Waals surface area contributed by atoms with Crippen LogP contribution in [0.3, 0.4) is 0 Å². The highest BCUT2D eigenvalue weighted by molar-refractivity contribution is 6.32. The van der Waals surface area contributed by atoms with E-state index in [2.05, 4.69) is 27.8 Å². The first-order chi connectivity index (χ1) is 13.5. The van der Waals surface area contributed by atoms with E-state index >= 15 is 0 Å². The van der Waals surface area contributed by atoms with Gasteiger partial charge in [-0.25, -0.2) is 4.79 Å². The summed E-state index contributed by atoms with van der Waals surface area (Å²) in [5.74, 6) is 1.08. The summed E-state index contributed by atoms with van der Waals surface area (Å²) in [6, 6.07) is 8.45. The molecule has 1 aromatic heterocycles. The zero-order chi connectivity index (χ0) is 19.6. The van der Waals surface area contributed by atoms with Crippen molar-refractivity contribution in [2.75, 3.05) is 11.9 Å². The minimum atomic E-state index is -0.849. The van der Waals surface area contributed by atoms with Crippen LogP contribution in [0.25, 0.3) is 0 Å². The summed E-state index contributed by atoms with van der Waals surface area (Å²) in [4.78, 5) is 16.2. The van der Waals surface area contributed by atoms with Gasteiger partial charge in [0.2, 0.25) is 0 Å². The number of allylic oxidation sites excluding steroid dienone is 1. The lowest BCUT2D eigenvalue weighted by Gasteiger charge is -2.30. The Hall–Kier alpha value is -2.57. The summed E-state index contributed by atoms with van der Waals surface area (Å²) in [6.45, 7) is 0.584. The Morgan fingerprint density at radius 2 is 2.25 bits per heavy atom. The number of nitrogens with zero attached hydrogens (tertiary/aromatic N) is 1. The number of carbonyl (C=O) groups is 1. The van der Waals surface area contributed by atoms with Crippen molar-refractivity contribution in [1.82, 2.24) is 10.3 Å². The summed E-state index contributed by atoms with van der Waals surface area (Å²) >= 11 is 6.26. The molecule has 2 aromatic rings. The van der Waals surface area contributed by atoms with Crippen molar-refractivity contribution in [2.24, 2.45) is 11.8 Å². The molecule has 146 valence electrons. The Bertz CT molecular complexity index is 890. The van der Waals surface area contributed by atoms with Crippen molar-refractivity contribution in [3.8, 4) is 5.75 Å². The highest BCUT2D eigenvalue weighted by Crippen LogP contribution is 2.45. The van der Waals surface area contributed by atoms with Crippen LogP contribution in [0.5, 0.6) is 5.75 Å². The van der Waals surface area contributed by atoms with E-state index in [-0.39, 0.29) is 18.5 Å². The van der Waals surface area contributed by atoms with Gasteiger partial charge in [0.25, 0.3) is 0 Å². The summed E-state index contributed by atoms with van der Waals surface area (Å²) in [7, 11) is 0. The van der Waals surface area contributed by atoms with E-state index in [1.165, 1.54) is 0 Å². The van der Waals surface area contributed by atoms with Crippen molar-refractivity contribution in [3.05, 3.63) is 65.5 Å². The van der Waals surface area contributed by atoms with Crippen LogP contribution < -0.4 is 15.4 Å². The molecule has 2 aliphatic rings. The number of urea groups is 1. The predicted octanol–water partition coefficient (Wildman–Crippen LogP) is 3.76. The number of benzene rings is 1. The number of hydrogen-bond acceptors (Lipinski definition) is 4. The zero-order valence-corrected chi connectivity index (χ0v) is 16.0. The van der Waals surface area contributed by atoms with Crippen molar-refractivity contribution < 1.29 is 14.6 Å². The summed E-state index contributed by atoms with van der Waals surface area (Å²) in [6.07, 6.45) is 9.30. The third-order valence-corrected chi connectivity index (χ3v) is 5.64. The lowest BCUT2D eigenvalue weighted by molar-refractivity contribution is 0.0183. The second kappa shape index (κ2) is 7.81. The number of amides is 2. The first-order valence-corrected chi connectivity index (χ1v) is 9.66. The van der Waals surface area contributed by atoms with Crippen LogP contribution in [0.4, 0.5) is 10.5 Å². The monoisotopic (exact) mass is 399 g/mol. The molecule has 3 atom stereocenters. The fourth-order valence-corrected chi connectivity index (χ4v) is 4.12. The van der Waals surface area contributed by atoms with Crippen molar-refractivity contribution in [3.63, 3.8) is 0 Å². The molecule has 2 amide bonds. The minimum absolute atomic E-state index is 0.128. The molecule has 0 aliphatic heterocycles. The summed E-state index contributed by atoms with van der Waals surface area (Å²) in [5, 5.41) is 16.6. The van der Waals surface area contributed by atoms with Crippen molar-refractivity contribution >= 4 is 23.3 Å². The highest BCUT2D eigenvalue weighted by Gasteiger charge is 2.47. The number of rotatable bonds is 6. The molecule has 1 heterocycles. The summed E-state index contributed by atoms with van der Waals surface area (Å²) < 4.78 is 5.70. The van der Waals surface area contributed by atoms with Crippen molar-refractivity contribution in [1.29, 1.82) is 0 Å². The maximum atomic E-state index is 12.2. The SMILES string of the molecule is O=C(NC[C@]1(O)C[C@@H]2C=C[C@H]1C2)Nc1ccc(OCc2cccnc2)c(Cl)c1. The van der Waals surface area contributed by atoms with Crippen LogP contribution in [0.15, 0.2) is 54.9 Å². The van der Waals surface area contributed by atoms with E-state index in [0.717, 1.165) is 12.0 Å². The van der Waals surface area contributed by atoms with Gasteiger partial charge in [-0.3, -0.25) is 4.98 Å². The van der Waals surface area contributed by atoms with Gasteiger partial charge in [0.15, 0.2) is 0 Å². The maximum Gasteiger partial charge on any atom is 0.319 e. The third-order valence-electron chi connectivity index (χ3n) is 5.34. The number of nitrogens with one attached hydrogen (secondary N) is 2. The Balaban J connectivity index is 1.29. The Labute approximate surface area is 168 Å². The Morgan fingerprint density at radius 3 is 2.93 bits per heavy atom. The molecule has 7 heteroatoms. The standard InChI is InChI=1S/C21H22ClN3O3/c22-18-9-17(5-6-19(18)28-12-15-2-1-7-23-11-15)25-20(26)24-13-21(27)10-14-3-4-16(21)8-14/h1-7,9,11,14,16,27H,8,10,12-13H2,(H2,24,25,26)/t14-,16+,21-/m1/s1. The smallest absolute Gasteiger partial charge is 0.319 e. The van der Waals surface area contributed by atoms with E-state index in [4.69, 9.17) is 16.3 Å². The number of fused-ring (bicyclic) bond motifs is 2. The van der Waals surface area contributed by atoms with E-state index in [1.54, 1.807) is 30.6 Å². The van der Waals surface area contributed by atoms with Gasteiger partial charge in [0.05, 0.1) is 10.6 Å². The molecule has 28 heavy (non-hydrogen) atoms. The topological polar surface area (TPSA) is 83.5 Å². The van der Waals surface area contributed by atoms with Gasteiger partial charge in [-0.1, -0.05) is 29.8 Å². The molecular weight excluding hydrogens is 378 g/mol. The molecule has 3 N–H and O–H groups in total. The largest absolute Gasteiger partial charge is 0.487 e. The van der Waals surface area contributed by atoms with Crippen LogP contribution in [-0.2, 0) is 6.61 Å². The van der Waals surface area contributed by atoms with Crippen LogP contribution >= 0.6 is 11.6 Å². The molecule has 1 fully saturated rings. The fourth-order valence-electron chi connectivity index (χ4n) is 3.88. The van der Waals surface area contributed by atoms with Gasteiger partial charge < -0.3 is 20.5 Å². The number of aliphatic hydroxyl groups is 1. The molecule has 4 rings (SSSR count). The van der Waals surface area contributed by atoms with Crippen LogP contribution in [-0.4, -0.2) is 28.3 Å². The first-order valence-electron chi connectivity index (χ1n) is 9.29. The molecule has 1 aromatic carbocycles. The summed E-state index contributed by atoms with van der Waals surface area (Å²) in [5.41, 5.74) is 0.642. The van der Waals surface area contributed by atoms with Crippen LogP contribution in [0.1, 0.15) is 18.4 Å². The number of pyridine rings is 1. The van der Waals surface area contributed by atoms with Gasteiger partial charge in [0, 0.05) is 36.1 Å². The zero-order valence-electron chi connectivity index (χ0n) is 15.3. The third kappa shape index (κ3) is 4.13. The molecule has 0 unspecified atom stereocenters. The second-order valence-corrected chi connectivity index (χ2v) is 7.80. The van der Waals surface area contributed by atoms with Crippen molar-refractivity contribution in [2.45, 2.75) is 25.0 Å². The Morgan fingerprint density at radius 1 is 1.36 bits per heavy atom. The van der Waals surface area contributed by atoms with Gasteiger partial charge in [-0.15, -0.1) is 0 Å². The lowest BCUT2D eigenvalue weighted by atomic mass is 9.88. The first kappa shape index (κ1) is 18.8. The normalized spacial score (nSPS) is 24.9. The van der Waals surface area contributed by atoms with Gasteiger partial charge in [-0.2, -0.15) is 0 Å². The molecule has 0 saturated heterocycles. The lowest BCUT2D eigenvalue weighted by Crippen LogP contribution is -2.46. The fraction of sp³-hybridized carbons (Fsp3) is 0.333. The van der Waals surface area contributed by atoms with E-state index < -0.39 is 5.60 Å². The van der Waals surface area contributed by atoms with Gasteiger partial charge >= 0.3 is 6.03 Å². The van der Waals surface area contributed by atoms with Crippen LogP contribution in [0.2, 0.25) is 5.02 Å². The number of anilines is 1. The quantitative estimate of drug-likeness (QED) is 0.646. The number of ether oxygens (including phenoxy) is 1. The van der Waals surface area contributed by atoms with E-state index in [1.807, 2.05) is 12.1 Å². The second-order valence-electron chi connectivity index (χ2n) is 7.40. The number of halogens is 1. The molecule has 2 bridgehead atoms. The number of aromatic nitrogens is 1. The average molecular weight is 400 g/mol. The van der Waals surface area contributed by atoms with Gasteiger partial charge in [-0.05, 0) is 43.0 Å². The molecule has 0 spiro atoms. The average Bonchev–Trinajstić information content (AvgIpc) is 3.28. The molecular formula is C21H22ClN3O3. The number of carbonyl (C=O) groups excluding carboxylic acids is 1. The highest BCUT2D eigenvalue weighted by atomic mass is 35.5. The van der Waals surface area contributed by atoms with E-state index in [0.29, 0.717) is 35.4 Å². The Kier molecular flexibility index (Phi) is 5.24. The molecule has 1 saturated carbocycles.